The predicted molar refractivity (Wildman–Crippen MR) is 122 cm³/mol. The molecule has 2 heterocycles. The van der Waals surface area contributed by atoms with Gasteiger partial charge in [0, 0.05) is 24.6 Å². The van der Waals surface area contributed by atoms with Gasteiger partial charge in [-0.15, -0.1) is 0 Å². The Kier molecular flexibility index (Phi) is 5.52. The van der Waals surface area contributed by atoms with Crippen LogP contribution in [-0.4, -0.2) is 40.7 Å². The third-order valence-corrected chi connectivity index (χ3v) is 7.82. The molecule has 1 saturated heterocycles. The molecule has 2 aliphatic carbocycles. The van der Waals surface area contributed by atoms with Crippen molar-refractivity contribution < 1.29 is 19.1 Å². The fourth-order valence-corrected chi connectivity index (χ4v) is 6.03. The van der Waals surface area contributed by atoms with Crippen molar-refractivity contribution in [3.63, 3.8) is 0 Å². The summed E-state index contributed by atoms with van der Waals surface area (Å²) in [5, 5.41) is 11.8. The Labute approximate surface area is 188 Å². The molecule has 6 nitrogen and oxygen atoms in total. The number of hydrogen-bond donors (Lipinski definition) is 1. The number of hydrogen-bond acceptors (Lipinski definition) is 5. The Morgan fingerprint density at radius 2 is 1.97 bits per heavy atom. The Morgan fingerprint density at radius 3 is 2.78 bits per heavy atom. The molecular formula is C26H33NO5. The van der Waals surface area contributed by atoms with Crippen LogP contribution in [0.25, 0.3) is 11.0 Å². The van der Waals surface area contributed by atoms with Crippen molar-refractivity contribution in [1.29, 1.82) is 0 Å². The molecule has 1 aromatic carbocycles. The van der Waals surface area contributed by atoms with Crippen LogP contribution in [0.3, 0.4) is 0 Å². The van der Waals surface area contributed by atoms with Crippen LogP contribution in [0.4, 0.5) is 0 Å². The molecule has 0 radical (unpaired) electrons. The minimum Gasteiger partial charge on any atom is -0.480 e. The number of aliphatic hydroxyl groups is 1. The smallest absolute Gasteiger partial charge is 0.339 e. The number of likely N-dealkylation sites (tertiary alicyclic amines) is 1. The second-order valence-corrected chi connectivity index (χ2v) is 10.0. The van der Waals surface area contributed by atoms with Crippen LogP contribution in [0.1, 0.15) is 68.6 Å². The van der Waals surface area contributed by atoms with Crippen molar-refractivity contribution in [2.24, 2.45) is 5.92 Å². The van der Waals surface area contributed by atoms with Crippen LogP contribution in [0.5, 0.6) is 5.75 Å². The second kappa shape index (κ2) is 8.22. The lowest BCUT2D eigenvalue weighted by molar-refractivity contribution is -0.149. The lowest BCUT2D eigenvalue weighted by Gasteiger charge is -2.47. The second-order valence-electron chi connectivity index (χ2n) is 10.0. The largest absolute Gasteiger partial charge is 0.480 e. The zero-order valence-corrected chi connectivity index (χ0v) is 19.1. The lowest BCUT2D eigenvalue weighted by Crippen LogP contribution is -2.56. The van der Waals surface area contributed by atoms with Crippen molar-refractivity contribution >= 4 is 16.9 Å². The van der Waals surface area contributed by atoms with Crippen LogP contribution in [-0.2, 0) is 17.6 Å². The van der Waals surface area contributed by atoms with E-state index in [1.165, 1.54) is 0 Å². The highest BCUT2D eigenvalue weighted by atomic mass is 16.5. The van der Waals surface area contributed by atoms with Gasteiger partial charge in [-0.25, -0.2) is 4.79 Å². The number of piperidine rings is 1. The first kappa shape index (κ1) is 21.5. The SMILES string of the molecule is Cc1cc(O[C@H](C)C(=O)N2CC[C@]3(O)CCCC[C@H]3C2)c2c3c(c(=O)oc2c1)CCCC3. The fourth-order valence-electron chi connectivity index (χ4n) is 6.03. The van der Waals surface area contributed by atoms with Crippen LogP contribution in [0.2, 0.25) is 0 Å². The highest BCUT2D eigenvalue weighted by molar-refractivity contribution is 5.89. The third kappa shape index (κ3) is 3.72. The molecule has 2 aromatic rings. The number of nitrogens with zero attached hydrogens (tertiary/aromatic N) is 1. The monoisotopic (exact) mass is 439 g/mol. The number of aryl methyl sites for hydroxylation is 2. The fraction of sp³-hybridized carbons (Fsp3) is 0.615. The standard InChI is InChI=1S/C26H33NO5/c1-16-13-21(23-19-8-3-4-9-20(19)25(29)32-22(23)14-16)31-17(2)24(28)27-12-11-26(30)10-6-5-7-18(26)15-27/h13-14,17-18,30H,3-12,15H2,1-2H3/t17-,18+,26-/m1/s1. The zero-order chi connectivity index (χ0) is 22.5. The summed E-state index contributed by atoms with van der Waals surface area (Å²) in [6.45, 7) is 4.90. The van der Waals surface area contributed by atoms with E-state index in [1.807, 2.05) is 24.0 Å². The first-order valence-corrected chi connectivity index (χ1v) is 12.1. The van der Waals surface area contributed by atoms with Crippen LogP contribution in [0, 0.1) is 12.8 Å². The molecular weight excluding hydrogens is 406 g/mol. The summed E-state index contributed by atoms with van der Waals surface area (Å²) >= 11 is 0. The molecule has 1 aliphatic heterocycles. The summed E-state index contributed by atoms with van der Waals surface area (Å²) in [6.07, 6.45) is 7.57. The van der Waals surface area contributed by atoms with Gasteiger partial charge in [0.25, 0.3) is 5.91 Å². The van der Waals surface area contributed by atoms with E-state index >= 15 is 0 Å². The highest BCUT2D eigenvalue weighted by Gasteiger charge is 2.44. The number of amides is 1. The minimum absolute atomic E-state index is 0.0430. The Morgan fingerprint density at radius 1 is 1.19 bits per heavy atom. The van der Waals surface area contributed by atoms with Gasteiger partial charge in [0.15, 0.2) is 6.10 Å². The average Bonchev–Trinajstić information content (AvgIpc) is 2.77. The van der Waals surface area contributed by atoms with E-state index in [0.29, 0.717) is 30.8 Å². The van der Waals surface area contributed by atoms with Gasteiger partial charge in [0.2, 0.25) is 0 Å². The molecule has 1 N–H and O–H groups in total. The molecule has 0 bridgehead atoms. The molecule has 1 saturated carbocycles. The molecule has 6 heteroatoms. The van der Waals surface area contributed by atoms with E-state index in [9.17, 15) is 14.7 Å². The molecule has 32 heavy (non-hydrogen) atoms. The van der Waals surface area contributed by atoms with Crippen molar-refractivity contribution in [3.05, 3.63) is 39.2 Å². The number of carbonyl (C=O) groups is 1. The van der Waals surface area contributed by atoms with Gasteiger partial charge < -0.3 is 19.2 Å². The Hall–Kier alpha value is -2.34. The summed E-state index contributed by atoms with van der Waals surface area (Å²) < 4.78 is 11.9. The number of ether oxygens (including phenoxy) is 1. The summed E-state index contributed by atoms with van der Waals surface area (Å²) in [5.41, 5.74) is 2.38. The van der Waals surface area contributed by atoms with E-state index < -0.39 is 11.7 Å². The van der Waals surface area contributed by atoms with E-state index in [-0.39, 0.29) is 17.5 Å². The molecule has 0 spiro atoms. The van der Waals surface area contributed by atoms with E-state index in [4.69, 9.17) is 9.15 Å². The van der Waals surface area contributed by atoms with Gasteiger partial charge in [-0.1, -0.05) is 12.8 Å². The van der Waals surface area contributed by atoms with Gasteiger partial charge in [-0.2, -0.15) is 0 Å². The molecule has 0 unspecified atom stereocenters. The minimum atomic E-state index is -0.652. The van der Waals surface area contributed by atoms with Crippen LogP contribution >= 0.6 is 0 Å². The molecule has 3 aliphatic rings. The highest BCUT2D eigenvalue weighted by Crippen LogP contribution is 2.40. The number of carbonyl (C=O) groups excluding carboxylic acids is 1. The van der Waals surface area contributed by atoms with Gasteiger partial charge in [0.1, 0.15) is 11.3 Å². The average molecular weight is 440 g/mol. The maximum absolute atomic E-state index is 13.3. The molecule has 1 aromatic heterocycles. The van der Waals surface area contributed by atoms with Crippen molar-refractivity contribution in [2.75, 3.05) is 13.1 Å². The number of fused-ring (bicyclic) bond motifs is 4. The lowest BCUT2D eigenvalue weighted by atomic mass is 9.71. The van der Waals surface area contributed by atoms with Gasteiger partial charge in [-0.05, 0) is 82.1 Å². The predicted octanol–water partition coefficient (Wildman–Crippen LogP) is 3.90. The maximum atomic E-state index is 13.3. The number of benzene rings is 1. The first-order chi connectivity index (χ1) is 15.4. The Balaban J connectivity index is 1.42. The topological polar surface area (TPSA) is 80.0 Å². The van der Waals surface area contributed by atoms with E-state index in [2.05, 4.69) is 0 Å². The summed E-state index contributed by atoms with van der Waals surface area (Å²) in [4.78, 5) is 27.6. The molecule has 2 fully saturated rings. The summed E-state index contributed by atoms with van der Waals surface area (Å²) in [6, 6.07) is 3.82. The number of rotatable bonds is 3. The molecule has 5 rings (SSSR count). The molecule has 172 valence electrons. The van der Waals surface area contributed by atoms with Crippen LogP contribution < -0.4 is 10.4 Å². The normalized spacial score (nSPS) is 26.3. The van der Waals surface area contributed by atoms with Gasteiger partial charge in [-0.3, -0.25) is 4.79 Å². The molecule has 3 atom stereocenters. The zero-order valence-electron chi connectivity index (χ0n) is 19.1. The maximum Gasteiger partial charge on any atom is 0.339 e. The molecule has 1 amide bonds. The van der Waals surface area contributed by atoms with Crippen molar-refractivity contribution in [1.82, 2.24) is 4.90 Å². The Bertz CT molecular complexity index is 1110. The van der Waals surface area contributed by atoms with Crippen molar-refractivity contribution in [2.45, 2.75) is 83.3 Å². The van der Waals surface area contributed by atoms with Gasteiger partial charge in [0.05, 0.1) is 11.0 Å². The van der Waals surface area contributed by atoms with Gasteiger partial charge >= 0.3 is 5.63 Å². The first-order valence-electron chi connectivity index (χ1n) is 12.1. The van der Waals surface area contributed by atoms with E-state index in [1.54, 1.807) is 6.92 Å². The van der Waals surface area contributed by atoms with Crippen molar-refractivity contribution in [3.8, 4) is 5.75 Å². The van der Waals surface area contributed by atoms with Crippen LogP contribution in [0.15, 0.2) is 21.3 Å². The quantitative estimate of drug-likeness (QED) is 0.734. The summed E-state index contributed by atoms with van der Waals surface area (Å²) in [7, 11) is 0. The van der Waals surface area contributed by atoms with E-state index in [0.717, 1.165) is 73.4 Å². The third-order valence-electron chi connectivity index (χ3n) is 7.82. The summed E-state index contributed by atoms with van der Waals surface area (Å²) in [5.74, 6) is 0.731.